The summed E-state index contributed by atoms with van der Waals surface area (Å²) >= 11 is 0. The molecule has 30 heavy (non-hydrogen) atoms. The van der Waals surface area contributed by atoms with Crippen LogP contribution in [-0.4, -0.2) is 51.0 Å². The molecule has 3 aromatic rings. The second kappa shape index (κ2) is 9.17. The molecule has 4 rings (SSSR count). The van der Waals surface area contributed by atoms with E-state index >= 15 is 0 Å². The number of nitrogens with one attached hydrogen (secondary N) is 1. The van der Waals surface area contributed by atoms with Crippen LogP contribution in [0.2, 0.25) is 0 Å². The van der Waals surface area contributed by atoms with E-state index in [4.69, 9.17) is 18.9 Å². The summed E-state index contributed by atoms with van der Waals surface area (Å²) in [6.45, 7) is 2.78. The van der Waals surface area contributed by atoms with Gasteiger partial charge in [0, 0.05) is 0 Å². The van der Waals surface area contributed by atoms with Gasteiger partial charge in [0.25, 0.3) is 0 Å². The highest BCUT2D eigenvalue weighted by Crippen LogP contribution is 2.41. The lowest BCUT2D eigenvalue weighted by Crippen LogP contribution is -2.30. The highest BCUT2D eigenvalue weighted by molar-refractivity contribution is 5.82. The Balaban J connectivity index is 1.62. The lowest BCUT2D eigenvalue weighted by Gasteiger charge is -2.22. The first-order valence-electron chi connectivity index (χ1n) is 10.1. The van der Waals surface area contributed by atoms with Crippen LogP contribution in [0.25, 0.3) is 22.2 Å². The first-order valence-corrected chi connectivity index (χ1v) is 10.1. The second-order valence-corrected chi connectivity index (χ2v) is 7.33. The minimum absolute atomic E-state index is 0.558. The molecule has 1 N–H and O–H groups in total. The second-order valence-electron chi connectivity index (χ2n) is 7.33. The summed E-state index contributed by atoms with van der Waals surface area (Å²) in [7, 11) is 4.81. The molecule has 0 bridgehead atoms. The van der Waals surface area contributed by atoms with Crippen LogP contribution in [0, 0.1) is 5.92 Å². The van der Waals surface area contributed by atoms with E-state index in [9.17, 15) is 0 Å². The average molecular weight is 409 g/mol. The predicted molar refractivity (Wildman–Crippen MR) is 116 cm³/mol. The zero-order chi connectivity index (χ0) is 20.9. The summed E-state index contributed by atoms with van der Waals surface area (Å²) in [5, 5.41) is 3.37. The predicted octanol–water partition coefficient (Wildman–Crippen LogP) is 3.70. The number of benzene rings is 2. The molecule has 0 unspecified atom stereocenters. The molecule has 0 spiro atoms. The van der Waals surface area contributed by atoms with Crippen molar-refractivity contribution in [3.63, 3.8) is 0 Å². The topological polar surface area (TPSA) is 74.7 Å². The van der Waals surface area contributed by atoms with Gasteiger partial charge in [-0.05, 0) is 67.2 Å². The van der Waals surface area contributed by atoms with E-state index in [1.807, 2.05) is 30.3 Å². The third kappa shape index (κ3) is 4.26. The lowest BCUT2D eigenvalue weighted by molar-refractivity contribution is 0.209. The summed E-state index contributed by atoms with van der Waals surface area (Å²) < 4.78 is 22.3. The van der Waals surface area contributed by atoms with E-state index in [1.54, 1.807) is 27.5 Å². The van der Waals surface area contributed by atoms with Crippen molar-refractivity contribution in [2.75, 3.05) is 41.0 Å². The standard InChI is InChI=1S/C23H27N3O4/c1-27-20-11-17(12-21(28-2)23(20)29-3)16-4-5-18-19(10-16)26-22(13-25-18)30-14-15-6-8-24-9-7-15/h4-5,10-13,15,24H,6-9,14H2,1-3H3. The zero-order valence-corrected chi connectivity index (χ0v) is 17.6. The van der Waals surface area contributed by atoms with Crippen LogP contribution >= 0.6 is 0 Å². The monoisotopic (exact) mass is 409 g/mol. The Morgan fingerprint density at radius 2 is 1.63 bits per heavy atom. The normalized spacial score (nSPS) is 14.5. The minimum Gasteiger partial charge on any atom is -0.493 e. The molecule has 1 aromatic heterocycles. The number of ether oxygens (including phenoxy) is 4. The highest BCUT2D eigenvalue weighted by Gasteiger charge is 2.16. The minimum atomic E-state index is 0.558. The van der Waals surface area contributed by atoms with Crippen LogP contribution < -0.4 is 24.3 Å². The zero-order valence-electron chi connectivity index (χ0n) is 17.6. The van der Waals surface area contributed by atoms with Gasteiger partial charge in [-0.15, -0.1) is 0 Å². The Hall–Kier alpha value is -3.06. The molecule has 2 aromatic carbocycles. The number of fused-ring (bicyclic) bond motifs is 1. The Kier molecular flexibility index (Phi) is 6.18. The fraction of sp³-hybridized carbons (Fsp3) is 0.391. The number of piperidine rings is 1. The maximum Gasteiger partial charge on any atom is 0.232 e. The van der Waals surface area contributed by atoms with Crippen LogP contribution in [0.5, 0.6) is 23.1 Å². The largest absolute Gasteiger partial charge is 0.493 e. The van der Waals surface area contributed by atoms with Crippen molar-refractivity contribution in [2.24, 2.45) is 5.92 Å². The molecule has 1 saturated heterocycles. The van der Waals surface area contributed by atoms with E-state index in [1.165, 1.54) is 0 Å². The fourth-order valence-electron chi connectivity index (χ4n) is 3.74. The van der Waals surface area contributed by atoms with Crippen LogP contribution in [-0.2, 0) is 0 Å². The van der Waals surface area contributed by atoms with Crippen molar-refractivity contribution in [3.8, 4) is 34.3 Å². The van der Waals surface area contributed by atoms with Gasteiger partial charge < -0.3 is 24.3 Å². The van der Waals surface area contributed by atoms with Crippen LogP contribution in [0.1, 0.15) is 12.8 Å². The van der Waals surface area contributed by atoms with E-state index in [2.05, 4.69) is 15.3 Å². The fourth-order valence-corrected chi connectivity index (χ4v) is 3.74. The Morgan fingerprint density at radius 1 is 0.900 bits per heavy atom. The van der Waals surface area contributed by atoms with Crippen molar-refractivity contribution < 1.29 is 18.9 Å². The van der Waals surface area contributed by atoms with Gasteiger partial charge in [0.2, 0.25) is 11.6 Å². The Bertz CT molecular complexity index is 993. The van der Waals surface area contributed by atoms with Crippen molar-refractivity contribution >= 4 is 11.0 Å². The molecule has 2 heterocycles. The molecule has 0 radical (unpaired) electrons. The SMILES string of the molecule is COc1cc(-c2ccc3ncc(OCC4CCNCC4)nc3c2)cc(OC)c1OC. The summed E-state index contributed by atoms with van der Waals surface area (Å²) in [4.78, 5) is 9.18. The maximum atomic E-state index is 5.94. The van der Waals surface area contributed by atoms with Gasteiger partial charge >= 0.3 is 0 Å². The van der Waals surface area contributed by atoms with Gasteiger partial charge in [0.05, 0.1) is 45.2 Å². The van der Waals surface area contributed by atoms with Gasteiger partial charge in [-0.3, -0.25) is 0 Å². The Morgan fingerprint density at radius 3 is 2.30 bits per heavy atom. The first-order chi connectivity index (χ1) is 14.7. The summed E-state index contributed by atoms with van der Waals surface area (Å²) in [5.41, 5.74) is 3.52. The van der Waals surface area contributed by atoms with Crippen molar-refractivity contribution in [3.05, 3.63) is 36.5 Å². The average Bonchev–Trinajstić information content (AvgIpc) is 2.81. The van der Waals surface area contributed by atoms with Gasteiger partial charge in [0.1, 0.15) is 0 Å². The van der Waals surface area contributed by atoms with E-state index in [0.717, 1.165) is 48.1 Å². The summed E-state index contributed by atoms with van der Waals surface area (Å²) in [6.07, 6.45) is 3.96. The number of hydrogen-bond donors (Lipinski definition) is 1. The molecule has 1 aliphatic rings. The number of rotatable bonds is 7. The van der Waals surface area contributed by atoms with Crippen LogP contribution in [0.15, 0.2) is 36.5 Å². The number of methoxy groups -OCH3 is 3. The number of hydrogen-bond acceptors (Lipinski definition) is 7. The van der Waals surface area contributed by atoms with Gasteiger partial charge in [-0.2, -0.15) is 0 Å². The van der Waals surface area contributed by atoms with E-state index < -0.39 is 0 Å². The van der Waals surface area contributed by atoms with Crippen LogP contribution in [0.3, 0.4) is 0 Å². The van der Waals surface area contributed by atoms with E-state index in [0.29, 0.717) is 35.7 Å². The molecule has 7 nitrogen and oxygen atoms in total. The Labute approximate surface area is 176 Å². The third-order valence-corrected chi connectivity index (χ3v) is 5.44. The lowest BCUT2D eigenvalue weighted by atomic mass is 9.99. The molecule has 7 heteroatoms. The summed E-state index contributed by atoms with van der Waals surface area (Å²) in [5.74, 6) is 2.91. The van der Waals surface area contributed by atoms with Gasteiger partial charge in [-0.25, -0.2) is 9.97 Å². The molecule has 0 atom stereocenters. The molecule has 158 valence electrons. The molecule has 0 saturated carbocycles. The molecular weight excluding hydrogens is 382 g/mol. The van der Waals surface area contributed by atoms with Gasteiger partial charge in [0.15, 0.2) is 11.5 Å². The van der Waals surface area contributed by atoms with E-state index in [-0.39, 0.29) is 0 Å². The molecular formula is C23H27N3O4. The molecule has 0 aliphatic carbocycles. The summed E-state index contributed by atoms with van der Waals surface area (Å²) in [6, 6.07) is 9.81. The number of nitrogens with zero attached hydrogens (tertiary/aromatic N) is 2. The first kappa shape index (κ1) is 20.2. The van der Waals surface area contributed by atoms with Crippen LogP contribution in [0.4, 0.5) is 0 Å². The molecule has 1 fully saturated rings. The quantitative estimate of drug-likeness (QED) is 0.638. The smallest absolute Gasteiger partial charge is 0.232 e. The van der Waals surface area contributed by atoms with Crippen molar-refractivity contribution in [2.45, 2.75) is 12.8 Å². The van der Waals surface area contributed by atoms with Gasteiger partial charge in [-0.1, -0.05) is 6.07 Å². The number of aromatic nitrogens is 2. The van der Waals surface area contributed by atoms with Crippen molar-refractivity contribution in [1.29, 1.82) is 0 Å². The highest BCUT2D eigenvalue weighted by atomic mass is 16.5. The maximum absolute atomic E-state index is 5.94. The molecule has 1 aliphatic heterocycles. The van der Waals surface area contributed by atoms with Crippen molar-refractivity contribution in [1.82, 2.24) is 15.3 Å². The molecule has 0 amide bonds. The third-order valence-electron chi connectivity index (χ3n) is 5.44.